The van der Waals surface area contributed by atoms with Crippen molar-refractivity contribution in [1.82, 2.24) is 0 Å². The number of benzene rings is 1. The molecular weight excluding hydrogens is 337 g/mol. The molecule has 0 aliphatic carbocycles. The van der Waals surface area contributed by atoms with Gasteiger partial charge in [0.1, 0.15) is 0 Å². The summed E-state index contributed by atoms with van der Waals surface area (Å²) in [4.78, 5) is 0. The van der Waals surface area contributed by atoms with Crippen LogP contribution in [0.3, 0.4) is 0 Å². The highest BCUT2D eigenvalue weighted by molar-refractivity contribution is 7.23. The fraction of sp³-hybridized carbons (Fsp3) is 0.250. The van der Waals surface area contributed by atoms with Crippen molar-refractivity contribution in [1.29, 1.82) is 0 Å². The molecule has 0 aliphatic rings. The third-order valence-electron chi connectivity index (χ3n) is 2.14. The van der Waals surface area contributed by atoms with Gasteiger partial charge in [-0.25, -0.2) is 17.6 Å². The van der Waals surface area contributed by atoms with Gasteiger partial charge in [0.25, 0.3) is 0 Å². The van der Waals surface area contributed by atoms with Gasteiger partial charge in [-0.15, -0.1) is 22.2 Å². The quantitative estimate of drug-likeness (QED) is 0.335. The Labute approximate surface area is 110 Å². The summed E-state index contributed by atoms with van der Waals surface area (Å²) in [5, 5.41) is -3.03. The van der Waals surface area contributed by atoms with Crippen LogP contribution in [0.2, 0.25) is 13.1 Å². The molecule has 0 aromatic heterocycles. The van der Waals surface area contributed by atoms with Gasteiger partial charge in [0.15, 0.2) is 23.3 Å². The Balaban J connectivity index is 3.79. The molecule has 0 fully saturated rings. The fourth-order valence-corrected chi connectivity index (χ4v) is 4.38. The zero-order valence-corrected chi connectivity index (χ0v) is 12.5. The van der Waals surface area contributed by atoms with Gasteiger partial charge in [0, 0.05) is 0 Å². The van der Waals surface area contributed by atoms with Crippen molar-refractivity contribution in [2.75, 3.05) is 0 Å². The fourth-order valence-electron chi connectivity index (χ4n) is 1.40. The lowest BCUT2D eigenvalue weighted by atomic mass is 10.3. The van der Waals surface area contributed by atoms with Crippen molar-refractivity contribution in [3.8, 4) is 0 Å². The summed E-state index contributed by atoms with van der Waals surface area (Å²) < 4.78 is 80.6. The van der Waals surface area contributed by atoms with Crippen LogP contribution in [0.5, 0.6) is 0 Å². The van der Waals surface area contributed by atoms with Crippen molar-refractivity contribution in [3.05, 3.63) is 23.3 Å². The van der Waals surface area contributed by atoms with E-state index in [9.17, 15) is 25.8 Å². The van der Waals surface area contributed by atoms with Gasteiger partial charge in [-0.3, -0.25) is 8.22 Å². The average molecular weight is 343 g/mol. The van der Waals surface area contributed by atoms with Crippen LogP contribution in [0.15, 0.2) is 0 Å². The summed E-state index contributed by atoms with van der Waals surface area (Å²) in [5.74, 6) is -8.14. The first-order chi connectivity index (χ1) is 7.89. The van der Waals surface area contributed by atoms with E-state index in [4.69, 9.17) is 22.2 Å². The average Bonchev–Trinajstić information content (AvgIpc) is 2.10. The van der Waals surface area contributed by atoms with Gasteiger partial charge in [-0.05, 0) is 13.1 Å². The SMILES string of the molecule is C[Si](F)(Cl)c1c(F)c(F)c([Si](C)(F)Cl)c(F)c1F. The van der Waals surface area contributed by atoms with E-state index >= 15 is 0 Å². The molecule has 18 heavy (non-hydrogen) atoms. The third-order valence-corrected chi connectivity index (χ3v) is 5.91. The summed E-state index contributed by atoms with van der Waals surface area (Å²) >= 11 is 10.2. The van der Waals surface area contributed by atoms with Crippen molar-refractivity contribution in [2.45, 2.75) is 13.1 Å². The molecule has 1 aromatic rings. The van der Waals surface area contributed by atoms with Crippen LogP contribution in [0.1, 0.15) is 0 Å². The topological polar surface area (TPSA) is 0 Å². The smallest absolute Gasteiger partial charge is 0.287 e. The summed E-state index contributed by atoms with van der Waals surface area (Å²) in [6.07, 6.45) is 0. The lowest BCUT2D eigenvalue weighted by molar-refractivity contribution is 0.468. The van der Waals surface area contributed by atoms with Gasteiger partial charge in [0.05, 0.1) is 10.4 Å². The highest BCUT2D eigenvalue weighted by atomic mass is 35.6. The molecule has 0 amide bonds. The zero-order chi connectivity index (χ0) is 14.5. The molecule has 1 aromatic carbocycles. The number of halogens is 8. The largest absolute Gasteiger partial charge is 0.373 e. The van der Waals surface area contributed by atoms with E-state index in [1.54, 1.807) is 0 Å². The van der Waals surface area contributed by atoms with Crippen molar-refractivity contribution >= 4 is 48.0 Å². The maximum absolute atomic E-state index is 13.5. The van der Waals surface area contributed by atoms with E-state index in [2.05, 4.69) is 0 Å². The third kappa shape index (κ3) is 2.71. The molecule has 0 saturated heterocycles. The molecule has 2 atom stereocenters. The highest BCUT2D eigenvalue weighted by Crippen LogP contribution is 2.22. The van der Waals surface area contributed by atoms with Crippen LogP contribution in [0.25, 0.3) is 0 Å². The Hall–Kier alpha value is -0.186. The van der Waals surface area contributed by atoms with E-state index in [-0.39, 0.29) is 0 Å². The van der Waals surface area contributed by atoms with Gasteiger partial charge in [0.2, 0.25) is 0 Å². The lowest BCUT2D eigenvalue weighted by Crippen LogP contribution is -2.48. The van der Waals surface area contributed by atoms with Crippen LogP contribution in [-0.2, 0) is 0 Å². The van der Waals surface area contributed by atoms with Gasteiger partial charge >= 0.3 is 15.4 Å². The predicted molar refractivity (Wildman–Crippen MR) is 62.7 cm³/mol. The van der Waals surface area contributed by atoms with E-state index in [1.165, 1.54) is 0 Å². The molecule has 10 heteroatoms. The molecule has 1 rings (SSSR count). The summed E-state index contributed by atoms with van der Waals surface area (Å²) in [6.45, 7) is 1.25. The summed E-state index contributed by atoms with van der Waals surface area (Å²) in [6, 6.07) is 0. The molecule has 0 N–H and O–H groups in total. The second kappa shape index (κ2) is 4.73. The normalized spacial score (nSPS) is 18.3. The van der Waals surface area contributed by atoms with Crippen LogP contribution >= 0.6 is 22.2 Å². The maximum Gasteiger partial charge on any atom is 0.373 e. The minimum atomic E-state index is -4.68. The first-order valence-corrected chi connectivity index (χ1v) is 11.3. The Morgan fingerprint density at radius 2 is 0.833 bits per heavy atom. The first-order valence-electron chi connectivity index (χ1n) is 4.51. The molecule has 0 spiro atoms. The monoisotopic (exact) mass is 342 g/mol. The minimum Gasteiger partial charge on any atom is -0.287 e. The summed E-state index contributed by atoms with van der Waals surface area (Å²) in [7, 11) is -9.35. The molecule has 102 valence electrons. The van der Waals surface area contributed by atoms with Crippen LogP contribution in [-0.4, -0.2) is 15.4 Å². The van der Waals surface area contributed by atoms with Crippen LogP contribution < -0.4 is 10.4 Å². The van der Waals surface area contributed by atoms with Crippen molar-refractivity contribution < 1.29 is 25.8 Å². The van der Waals surface area contributed by atoms with Gasteiger partial charge in [-0.1, -0.05) is 0 Å². The van der Waals surface area contributed by atoms with E-state index < -0.39 is 49.1 Å². The highest BCUT2D eigenvalue weighted by Gasteiger charge is 2.44. The van der Waals surface area contributed by atoms with E-state index in [1.807, 2.05) is 0 Å². The standard InChI is InChI=1S/C8H6Cl2F6Si2/c1-17(9,15)7-3(11)5(13)8(18(2,10)16)6(14)4(7)12/h1-2H3. The molecule has 0 bridgehead atoms. The number of hydrogen-bond acceptors (Lipinski definition) is 0. The Morgan fingerprint density at radius 1 is 0.667 bits per heavy atom. The van der Waals surface area contributed by atoms with Gasteiger partial charge < -0.3 is 0 Å². The second-order valence-electron chi connectivity index (χ2n) is 3.78. The number of rotatable bonds is 2. The Morgan fingerprint density at radius 3 is 0.944 bits per heavy atom. The summed E-state index contributed by atoms with van der Waals surface area (Å²) in [5.41, 5.74) is 0. The first kappa shape index (κ1) is 15.9. The predicted octanol–water partition coefficient (Wildman–Crippen LogP) is 3.22. The molecule has 0 radical (unpaired) electrons. The molecule has 0 nitrogen and oxygen atoms in total. The minimum absolute atomic E-state index is 0.626. The lowest BCUT2D eigenvalue weighted by Gasteiger charge is -2.18. The van der Waals surface area contributed by atoms with E-state index in [0.717, 1.165) is 0 Å². The van der Waals surface area contributed by atoms with Crippen LogP contribution in [0.4, 0.5) is 25.8 Å². The van der Waals surface area contributed by atoms with Crippen molar-refractivity contribution in [3.63, 3.8) is 0 Å². The Kier molecular flexibility index (Phi) is 4.17. The zero-order valence-electron chi connectivity index (χ0n) is 9.02. The van der Waals surface area contributed by atoms with Crippen molar-refractivity contribution in [2.24, 2.45) is 0 Å². The molecule has 2 unspecified atom stereocenters. The second-order valence-corrected chi connectivity index (χ2v) is 12.6. The van der Waals surface area contributed by atoms with Gasteiger partial charge in [-0.2, -0.15) is 0 Å². The molecule has 0 saturated carbocycles. The molecular formula is C8H6Cl2F6Si2. The Bertz CT molecular complexity index is 420. The molecule has 0 aliphatic heterocycles. The maximum atomic E-state index is 13.5. The number of hydrogen-bond donors (Lipinski definition) is 0. The molecule has 0 heterocycles. The van der Waals surface area contributed by atoms with Crippen LogP contribution in [0, 0.1) is 23.3 Å². The van der Waals surface area contributed by atoms with E-state index in [0.29, 0.717) is 13.1 Å².